The van der Waals surface area contributed by atoms with E-state index in [0.717, 1.165) is 11.3 Å². The van der Waals surface area contributed by atoms with Crippen molar-refractivity contribution in [3.8, 4) is 11.5 Å². The van der Waals surface area contributed by atoms with Crippen molar-refractivity contribution >= 4 is 11.6 Å². The first-order valence-electron chi connectivity index (χ1n) is 6.61. The molecule has 1 unspecified atom stereocenters. The van der Waals surface area contributed by atoms with E-state index < -0.39 is 5.91 Å². The molecule has 0 aliphatic carbocycles. The number of aromatic hydroxyl groups is 1. The maximum atomic E-state index is 10.6. The van der Waals surface area contributed by atoms with Crippen LogP contribution in [0.3, 0.4) is 0 Å². The first-order valence-corrected chi connectivity index (χ1v) is 6.61. The van der Waals surface area contributed by atoms with Crippen LogP contribution in [0.4, 0.5) is 5.69 Å². The number of hydrogen-bond acceptors (Lipinski definition) is 4. The number of nitrogens with one attached hydrogen (secondary N) is 1. The minimum Gasteiger partial charge on any atom is -0.508 e. The summed E-state index contributed by atoms with van der Waals surface area (Å²) in [4.78, 5) is 10.6. The van der Waals surface area contributed by atoms with Gasteiger partial charge in [0.2, 0.25) is 0 Å². The third-order valence-electron chi connectivity index (χ3n) is 3.01. The number of rotatable bonds is 6. The molecule has 0 spiro atoms. The van der Waals surface area contributed by atoms with E-state index in [9.17, 15) is 9.90 Å². The number of phenols is 1. The summed E-state index contributed by atoms with van der Waals surface area (Å²) in [7, 11) is 0. The third kappa shape index (κ3) is 4.42. The average Bonchev–Trinajstić information content (AvgIpc) is 2.47. The number of primary amides is 1. The number of anilines is 1. The maximum absolute atomic E-state index is 10.6. The normalized spacial score (nSPS) is 11.7. The zero-order valence-corrected chi connectivity index (χ0v) is 11.7. The Morgan fingerprint density at radius 3 is 2.38 bits per heavy atom. The van der Waals surface area contributed by atoms with Crippen LogP contribution in [0.1, 0.15) is 18.5 Å². The lowest BCUT2D eigenvalue weighted by Crippen LogP contribution is -2.19. The summed E-state index contributed by atoms with van der Waals surface area (Å²) < 4.78 is 5.20. The van der Waals surface area contributed by atoms with Gasteiger partial charge in [0.1, 0.15) is 11.5 Å². The highest BCUT2D eigenvalue weighted by Crippen LogP contribution is 2.22. The van der Waals surface area contributed by atoms with Gasteiger partial charge < -0.3 is 20.9 Å². The van der Waals surface area contributed by atoms with Gasteiger partial charge in [0.15, 0.2) is 6.61 Å². The molecule has 0 saturated carbocycles. The number of ether oxygens (including phenoxy) is 1. The van der Waals surface area contributed by atoms with Crippen molar-refractivity contribution in [1.29, 1.82) is 0 Å². The average molecular weight is 286 g/mol. The van der Waals surface area contributed by atoms with E-state index in [4.69, 9.17) is 10.5 Å². The van der Waals surface area contributed by atoms with Gasteiger partial charge >= 0.3 is 0 Å². The van der Waals surface area contributed by atoms with Crippen LogP contribution in [0.2, 0.25) is 0 Å². The summed E-state index contributed by atoms with van der Waals surface area (Å²) in [6, 6.07) is 14.4. The summed E-state index contributed by atoms with van der Waals surface area (Å²) in [5.74, 6) is 0.344. The van der Waals surface area contributed by atoms with Gasteiger partial charge in [0, 0.05) is 11.7 Å². The summed E-state index contributed by atoms with van der Waals surface area (Å²) in [5, 5.41) is 12.6. The van der Waals surface area contributed by atoms with Crippen molar-refractivity contribution in [2.24, 2.45) is 5.73 Å². The van der Waals surface area contributed by atoms with E-state index in [2.05, 4.69) is 5.32 Å². The highest BCUT2D eigenvalue weighted by atomic mass is 16.5. The molecule has 2 aromatic carbocycles. The van der Waals surface area contributed by atoms with Gasteiger partial charge in [-0.05, 0) is 48.9 Å². The largest absolute Gasteiger partial charge is 0.508 e. The SMILES string of the molecule is CC(Nc1ccc(OCC(N)=O)cc1)c1ccc(O)cc1. The molecule has 0 bridgehead atoms. The van der Waals surface area contributed by atoms with Crippen molar-refractivity contribution < 1.29 is 14.6 Å². The summed E-state index contributed by atoms with van der Waals surface area (Å²) in [6.07, 6.45) is 0. The second-order valence-electron chi connectivity index (χ2n) is 4.74. The van der Waals surface area contributed by atoms with Crippen molar-refractivity contribution in [3.05, 3.63) is 54.1 Å². The van der Waals surface area contributed by atoms with Gasteiger partial charge in [-0.15, -0.1) is 0 Å². The van der Waals surface area contributed by atoms with Gasteiger partial charge in [-0.3, -0.25) is 4.79 Å². The molecule has 0 aliphatic heterocycles. The Kier molecular flexibility index (Phi) is 4.66. The van der Waals surface area contributed by atoms with Crippen LogP contribution in [0.5, 0.6) is 11.5 Å². The quantitative estimate of drug-likeness (QED) is 0.761. The Bertz CT molecular complexity index is 594. The number of nitrogens with two attached hydrogens (primary N) is 1. The van der Waals surface area contributed by atoms with Crippen LogP contribution in [0.25, 0.3) is 0 Å². The molecular weight excluding hydrogens is 268 g/mol. The molecule has 5 heteroatoms. The fraction of sp³-hybridized carbons (Fsp3) is 0.188. The third-order valence-corrected chi connectivity index (χ3v) is 3.01. The number of carbonyl (C=O) groups excluding carboxylic acids is 1. The number of phenolic OH excluding ortho intramolecular Hbond substituents is 1. The fourth-order valence-corrected chi connectivity index (χ4v) is 1.90. The van der Waals surface area contributed by atoms with Crippen LogP contribution in [0.15, 0.2) is 48.5 Å². The van der Waals surface area contributed by atoms with E-state index in [-0.39, 0.29) is 18.4 Å². The molecule has 21 heavy (non-hydrogen) atoms. The number of carbonyl (C=O) groups is 1. The molecule has 4 N–H and O–H groups in total. The predicted molar refractivity (Wildman–Crippen MR) is 81.3 cm³/mol. The summed E-state index contributed by atoms with van der Waals surface area (Å²) in [5.41, 5.74) is 7.02. The van der Waals surface area contributed by atoms with Crippen LogP contribution in [-0.2, 0) is 4.79 Å². The first kappa shape index (κ1) is 14.7. The van der Waals surface area contributed by atoms with Crippen LogP contribution in [-0.4, -0.2) is 17.6 Å². The molecule has 5 nitrogen and oxygen atoms in total. The Balaban J connectivity index is 1.96. The van der Waals surface area contributed by atoms with Crippen molar-refractivity contribution in [1.82, 2.24) is 0 Å². The molecule has 0 aliphatic rings. The van der Waals surface area contributed by atoms with Gasteiger partial charge in [-0.2, -0.15) is 0 Å². The topological polar surface area (TPSA) is 84.6 Å². The molecule has 1 amide bonds. The van der Waals surface area contributed by atoms with Gasteiger partial charge in [-0.25, -0.2) is 0 Å². The van der Waals surface area contributed by atoms with Crippen LogP contribution < -0.4 is 15.8 Å². The van der Waals surface area contributed by atoms with E-state index in [1.54, 1.807) is 24.3 Å². The van der Waals surface area contributed by atoms with E-state index >= 15 is 0 Å². The fourth-order valence-electron chi connectivity index (χ4n) is 1.90. The van der Waals surface area contributed by atoms with Crippen LogP contribution >= 0.6 is 0 Å². The Morgan fingerprint density at radius 1 is 1.19 bits per heavy atom. The van der Waals surface area contributed by atoms with E-state index in [0.29, 0.717) is 5.75 Å². The minimum atomic E-state index is -0.502. The van der Waals surface area contributed by atoms with Gasteiger partial charge in [0.05, 0.1) is 0 Å². The van der Waals surface area contributed by atoms with E-state index in [1.165, 1.54) is 0 Å². The van der Waals surface area contributed by atoms with Gasteiger partial charge in [0.25, 0.3) is 5.91 Å². The molecule has 0 saturated heterocycles. The predicted octanol–water partition coefficient (Wildman–Crippen LogP) is 2.43. The molecule has 2 rings (SSSR count). The minimum absolute atomic E-state index is 0.1000. The first-order chi connectivity index (χ1) is 10.0. The highest BCUT2D eigenvalue weighted by molar-refractivity contribution is 5.75. The second-order valence-corrected chi connectivity index (χ2v) is 4.74. The molecule has 0 aromatic heterocycles. The van der Waals surface area contributed by atoms with Crippen molar-refractivity contribution in [2.45, 2.75) is 13.0 Å². The lowest BCUT2D eigenvalue weighted by Gasteiger charge is -2.16. The highest BCUT2D eigenvalue weighted by Gasteiger charge is 2.05. The lowest BCUT2D eigenvalue weighted by molar-refractivity contribution is -0.119. The Hall–Kier alpha value is -2.69. The number of amides is 1. The zero-order valence-electron chi connectivity index (χ0n) is 11.7. The monoisotopic (exact) mass is 286 g/mol. The smallest absolute Gasteiger partial charge is 0.255 e. The molecule has 1 atom stereocenters. The molecule has 110 valence electrons. The maximum Gasteiger partial charge on any atom is 0.255 e. The van der Waals surface area contributed by atoms with Crippen molar-refractivity contribution in [2.75, 3.05) is 11.9 Å². The molecule has 2 aromatic rings. The standard InChI is InChI=1S/C16H18N2O3/c1-11(12-2-6-14(19)7-3-12)18-13-4-8-15(9-5-13)21-10-16(17)20/h2-9,11,18-19H,10H2,1H3,(H2,17,20). The number of hydrogen-bond donors (Lipinski definition) is 3. The van der Waals surface area contributed by atoms with Gasteiger partial charge in [-0.1, -0.05) is 12.1 Å². The number of benzene rings is 2. The molecular formula is C16H18N2O3. The lowest BCUT2D eigenvalue weighted by atomic mass is 10.1. The zero-order chi connectivity index (χ0) is 15.2. The second kappa shape index (κ2) is 6.65. The Morgan fingerprint density at radius 2 is 1.81 bits per heavy atom. The van der Waals surface area contributed by atoms with Crippen molar-refractivity contribution in [3.63, 3.8) is 0 Å². The summed E-state index contributed by atoms with van der Waals surface area (Å²) >= 11 is 0. The molecule has 0 fully saturated rings. The Labute approximate surface area is 123 Å². The molecule has 0 heterocycles. The van der Waals surface area contributed by atoms with Crippen LogP contribution in [0, 0.1) is 0 Å². The van der Waals surface area contributed by atoms with E-state index in [1.807, 2.05) is 31.2 Å². The molecule has 0 radical (unpaired) electrons. The summed E-state index contributed by atoms with van der Waals surface area (Å²) in [6.45, 7) is 1.90.